The van der Waals surface area contributed by atoms with Gasteiger partial charge in [-0.05, 0) is 42.0 Å². The van der Waals surface area contributed by atoms with Gasteiger partial charge in [0.05, 0.1) is 0 Å². The Kier molecular flexibility index (Phi) is 2.82. The van der Waals surface area contributed by atoms with Gasteiger partial charge in [-0.15, -0.1) is 0 Å². The van der Waals surface area contributed by atoms with E-state index in [0.717, 1.165) is 11.6 Å². The second-order valence-corrected chi connectivity index (χ2v) is 6.32. The van der Waals surface area contributed by atoms with E-state index in [-0.39, 0.29) is 0 Å². The maximum atomic E-state index is 6.15. The molecular formula is C15H20ClN. The fraction of sp³-hybridized carbons (Fsp3) is 0.600. The predicted octanol–water partition coefficient (Wildman–Crippen LogP) is 4.82. The van der Waals surface area contributed by atoms with Crippen LogP contribution in [-0.2, 0) is 0 Å². The summed E-state index contributed by atoms with van der Waals surface area (Å²) < 4.78 is 0. The third-order valence-corrected chi connectivity index (χ3v) is 4.96. The molecule has 2 heteroatoms. The minimum Gasteiger partial charge on any atom is -0.384 e. The topological polar surface area (TPSA) is 12.0 Å². The van der Waals surface area contributed by atoms with Crippen molar-refractivity contribution < 1.29 is 0 Å². The van der Waals surface area contributed by atoms with Crippen molar-refractivity contribution >= 4 is 17.3 Å². The smallest absolute Gasteiger partial charge is 0.0410 e. The van der Waals surface area contributed by atoms with Crippen molar-refractivity contribution in [3.8, 4) is 0 Å². The van der Waals surface area contributed by atoms with Crippen molar-refractivity contribution in [2.75, 3.05) is 11.9 Å². The summed E-state index contributed by atoms with van der Waals surface area (Å²) in [4.78, 5) is 0. The Labute approximate surface area is 109 Å². The van der Waals surface area contributed by atoms with Crippen molar-refractivity contribution in [2.24, 2.45) is 5.41 Å². The molecule has 0 amide bonds. The van der Waals surface area contributed by atoms with Gasteiger partial charge < -0.3 is 5.32 Å². The molecule has 1 heterocycles. The van der Waals surface area contributed by atoms with E-state index in [9.17, 15) is 0 Å². The van der Waals surface area contributed by atoms with Crippen molar-refractivity contribution in [2.45, 2.75) is 44.9 Å². The highest BCUT2D eigenvalue weighted by Gasteiger charge is 2.39. The molecular weight excluding hydrogens is 230 g/mol. The molecule has 0 bridgehead atoms. The van der Waals surface area contributed by atoms with Crippen LogP contribution in [0.5, 0.6) is 0 Å². The molecule has 1 unspecified atom stereocenters. The Hall–Kier alpha value is -0.690. The number of benzene rings is 1. The van der Waals surface area contributed by atoms with Crippen LogP contribution in [0.4, 0.5) is 5.69 Å². The summed E-state index contributed by atoms with van der Waals surface area (Å²) in [5, 5.41) is 4.41. The summed E-state index contributed by atoms with van der Waals surface area (Å²) in [6, 6.07) is 6.28. The Balaban J connectivity index is 1.94. The number of fused-ring (bicyclic) bond motifs is 1. The second-order valence-electron chi connectivity index (χ2n) is 5.88. The van der Waals surface area contributed by atoms with Gasteiger partial charge in [0.15, 0.2) is 0 Å². The summed E-state index contributed by atoms with van der Waals surface area (Å²) >= 11 is 6.15. The van der Waals surface area contributed by atoms with Gasteiger partial charge in [0, 0.05) is 23.2 Å². The first-order valence-electron chi connectivity index (χ1n) is 6.72. The van der Waals surface area contributed by atoms with Gasteiger partial charge >= 0.3 is 0 Å². The van der Waals surface area contributed by atoms with E-state index in [1.807, 2.05) is 6.07 Å². The van der Waals surface area contributed by atoms with Crippen LogP contribution in [0.25, 0.3) is 0 Å². The molecule has 17 heavy (non-hydrogen) atoms. The molecule has 1 aromatic rings. The van der Waals surface area contributed by atoms with Crippen molar-refractivity contribution in [3.63, 3.8) is 0 Å². The third kappa shape index (κ3) is 1.95. The molecule has 92 valence electrons. The SMILES string of the molecule is CC1(C2CNc3ccc(Cl)cc32)CCCCC1. The molecule has 1 aliphatic heterocycles. The fourth-order valence-electron chi connectivity index (χ4n) is 3.63. The number of anilines is 1. The molecule has 3 rings (SSSR count). The highest BCUT2D eigenvalue weighted by Crippen LogP contribution is 2.51. The minimum absolute atomic E-state index is 0.473. The molecule has 0 saturated heterocycles. The monoisotopic (exact) mass is 249 g/mol. The first-order valence-corrected chi connectivity index (χ1v) is 7.10. The van der Waals surface area contributed by atoms with Crippen LogP contribution in [0.2, 0.25) is 5.02 Å². The molecule has 1 nitrogen and oxygen atoms in total. The standard InChI is InChI=1S/C15H20ClN/c1-15(7-3-2-4-8-15)13-10-17-14-6-5-11(16)9-12(13)14/h5-6,9,13,17H,2-4,7-8,10H2,1H3. The molecule has 1 aromatic carbocycles. The maximum absolute atomic E-state index is 6.15. The molecule has 0 spiro atoms. The largest absolute Gasteiger partial charge is 0.384 e. The lowest BCUT2D eigenvalue weighted by Crippen LogP contribution is -2.29. The van der Waals surface area contributed by atoms with Gasteiger partial charge in [-0.25, -0.2) is 0 Å². The summed E-state index contributed by atoms with van der Waals surface area (Å²) in [5.74, 6) is 0.650. The van der Waals surface area contributed by atoms with Gasteiger partial charge in [-0.3, -0.25) is 0 Å². The van der Waals surface area contributed by atoms with Crippen LogP contribution in [0.1, 0.15) is 50.5 Å². The van der Waals surface area contributed by atoms with E-state index in [4.69, 9.17) is 11.6 Å². The Morgan fingerprint density at radius 3 is 2.76 bits per heavy atom. The van der Waals surface area contributed by atoms with Crippen molar-refractivity contribution in [3.05, 3.63) is 28.8 Å². The Morgan fingerprint density at radius 1 is 1.24 bits per heavy atom. The summed E-state index contributed by atoms with van der Waals surface area (Å²) in [6.07, 6.45) is 6.93. The van der Waals surface area contributed by atoms with E-state index in [1.54, 1.807) is 0 Å². The normalized spacial score (nSPS) is 26.4. The van der Waals surface area contributed by atoms with Gasteiger partial charge in [0.1, 0.15) is 0 Å². The molecule has 1 N–H and O–H groups in total. The summed E-state index contributed by atoms with van der Waals surface area (Å²) in [7, 11) is 0. The first-order chi connectivity index (χ1) is 8.19. The number of nitrogens with one attached hydrogen (secondary N) is 1. The highest BCUT2D eigenvalue weighted by molar-refractivity contribution is 6.30. The van der Waals surface area contributed by atoms with Crippen molar-refractivity contribution in [1.82, 2.24) is 0 Å². The van der Waals surface area contributed by atoms with E-state index in [1.165, 1.54) is 43.4 Å². The lowest BCUT2D eigenvalue weighted by Gasteiger charge is -2.39. The number of halogens is 1. The van der Waals surface area contributed by atoms with Crippen molar-refractivity contribution in [1.29, 1.82) is 0 Å². The van der Waals surface area contributed by atoms with E-state index >= 15 is 0 Å². The number of hydrogen-bond acceptors (Lipinski definition) is 1. The number of rotatable bonds is 1. The quantitative estimate of drug-likeness (QED) is 0.753. The van der Waals surface area contributed by atoms with Crippen LogP contribution >= 0.6 is 11.6 Å². The maximum Gasteiger partial charge on any atom is 0.0410 e. The van der Waals surface area contributed by atoms with Crippen LogP contribution in [-0.4, -0.2) is 6.54 Å². The van der Waals surface area contributed by atoms with E-state index < -0.39 is 0 Å². The zero-order valence-corrected chi connectivity index (χ0v) is 11.2. The summed E-state index contributed by atoms with van der Waals surface area (Å²) in [6.45, 7) is 3.56. The minimum atomic E-state index is 0.473. The zero-order valence-electron chi connectivity index (χ0n) is 10.4. The Morgan fingerprint density at radius 2 is 2.00 bits per heavy atom. The van der Waals surface area contributed by atoms with E-state index in [0.29, 0.717) is 11.3 Å². The predicted molar refractivity (Wildman–Crippen MR) is 73.9 cm³/mol. The van der Waals surface area contributed by atoms with Gasteiger partial charge in [-0.1, -0.05) is 37.8 Å². The molecule has 0 radical (unpaired) electrons. The average molecular weight is 250 g/mol. The molecule has 0 aromatic heterocycles. The summed E-state index contributed by atoms with van der Waals surface area (Å²) in [5.41, 5.74) is 3.22. The van der Waals surface area contributed by atoms with Gasteiger partial charge in [0.25, 0.3) is 0 Å². The molecule has 1 fully saturated rings. The van der Waals surface area contributed by atoms with Crippen LogP contribution < -0.4 is 5.32 Å². The zero-order chi connectivity index (χ0) is 11.9. The number of hydrogen-bond donors (Lipinski definition) is 1. The average Bonchev–Trinajstić information content (AvgIpc) is 2.73. The lowest BCUT2D eigenvalue weighted by molar-refractivity contribution is 0.177. The van der Waals surface area contributed by atoms with Crippen LogP contribution in [0, 0.1) is 5.41 Å². The highest BCUT2D eigenvalue weighted by atomic mass is 35.5. The molecule has 1 atom stereocenters. The molecule has 1 saturated carbocycles. The Bertz CT molecular complexity index is 421. The lowest BCUT2D eigenvalue weighted by atomic mass is 9.66. The van der Waals surface area contributed by atoms with E-state index in [2.05, 4.69) is 24.4 Å². The molecule has 2 aliphatic rings. The second kappa shape index (κ2) is 4.20. The van der Waals surface area contributed by atoms with Crippen LogP contribution in [0.15, 0.2) is 18.2 Å². The first kappa shape index (κ1) is 11.4. The fourth-order valence-corrected chi connectivity index (χ4v) is 3.82. The third-order valence-electron chi connectivity index (χ3n) is 4.72. The van der Waals surface area contributed by atoms with Gasteiger partial charge in [0.2, 0.25) is 0 Å². The van der Waals surface area contributed by atoms with Crippen LogP contribution in [0.3, 0.4) is 0 Å². The van der Waals surface area contributed by atoms with Gasteiger partial charge in [-0.2, -0.15) is 0 Å². The molecule has 1 aliphatic carbocycles.